The number of carbonyl (C=O) groups excluding carboxylic acids is 1. The zero-order chi connectivity index (χ0) is 17.1. The molecular formula is C20H19ClO3. The van der Waals surface area contributed by atoms with Gasteiger partial charge in [-0.3, -0.25) is 4.79 Å². The molecule has 4 heteroatoms. The minimum absolute atomic E-state index is 0.0727. The summed E-state index contributed by atoms with van der Waals surface area (Å²) >= 11 is 5.83. The highest BCUT2D eigenvalue weighted by molar-refractivity contribution is 6.27. The van der Waals surface area contributed by atoms with E-state index in [4.69, 9.17) is 11.6 Å². The van der Waals surface area contributed by atoms with Crippen LogP contribution >= 0.6 is 11.6 Å². The first kappa shape index (κ1) is 16.7. The first-order valence-corrected chi connectivity index (χ1v) is 8.56. The lowest BCUT2D eigenvalue weighted by Gasteiger charge is -2.19. The number of aldehydes is 1. The summed E-state index contributed by atoms with van der Waals surface area (Å²) in [6.07, 6.45) is 1.98. The fourth-order valence-corrected chi connectivity index (χ4v) is 3.69. The van der Waals surface area contributed by atoms with Gasteiger partial charge in [-0.05, 0) is 41.5 Å². The molecule has 0 bridgehead atoms. The van der Waals surface area contributed by atoms with Crippen LogP contribution in [0.2, 0.25) is 0 Å². The summed E-state index contributed by atoms with van der Waals surface area (Å²) < 4.78 is 0. The molecule has 1 aliphatic carbocycles. The van der Waals surface area contributed by atoms with Crippen LogP contribution in [0.4, 0.5) is 0 Å². The van der Waals surface area contributed by atoms with Gasteiger partial charge in [-0.15, -0.1) is 11.6 Å². The molecule has 0 amide bonds. The molecule has 0 spiro atoms. The molecule has 0 radical (unpaired) electrons. The normalized spacial score (nSPS) is 15.4. The van der Waals surface area contributed by atoms with E-state index in [-0.39, 0.29) is 5.92 Å². The van der Waals surface area contributed by atoms with E-state index in [1.165, 1.54) is 22.3 Å². The average molecular weight is 343 g/mol. The predicted molar refractivity (Wildman–Crippen MR) is 94.4 cm³/mol. The second-order valence-corrected chi connectivity index (χ2v) is 6.79. The molecule has 3 rings (SSSR count). The Morgan fingerprint density at radius 1 is 1.04 bits per heavy atom. The van der Waals surface area contributed by atoms with Crippen molar-refractivity contribution in [2.45, 2.75) is 30.6 Å². The molecular weight excluding hydrogens is 324 g/mol. The molecule has 124 valence electrons. The lowest BCUT2D eigenvalue weighted by molar-refractivity contribution is -0.142. The van der Waals surface area contributed by atoms with Gasteiger partial charge in [-0.25, -0.2) is 0 Å². The maximum absolute atomic E-state index is 11.7. The van der Waals surface area contributed by atoms with E-state index < -0.39 is 17.3 Å². The molecule has 0 fully saturated rings. The standard InChI is InChI=1S/C20H19ClO3/c21-14(12-22)10-9-13(20(23)24)11-19-17-7-3-1-5-15(17)16-6-2-4-8-18(16)19/h1-8,12-14,19H,9-11H2,(H,23,24). The summed E-state index contributed by atoms with van der Waals surface area (Å²) in [7, 11) is 0. The Morgan fingerprint density at radius 2 is 1.58 bits per heavy atom. The van der Waals surface area contributed by atoms with Gasteiger partial charge in [-0.2, -0.15) is 0 Å². The van der Waals surface area contributed by atoms with Gasteiger partial charge in [0.1, 0.15) is 6.29 Å². The zero-order valence-electron chi connectivity index (χ0n) is 13.2. The number of hydrogen-bond acceptors (Lipinski definition) is 2. The van der Waals surface area contributed by atoms with Crippen LogP contribution in [0.3, 0.4) is 0 Å². The first-order chi connectivity index (χ1) is 11.6. The van der Waals surface area contributed by atoms with Gasteiger partial charge in [0.25, 0.3) is 0 Å². The number of benzene rings is 2. The number of carboxylic acids is 1. The minimum atomic E-state index is -0.827. The van der Waals surface area contributed by atoms with Crippen molar-refractivity contribution in [2.24, 2.45) is 5.92 Å². The van der Waals surface area contributed by atoms with Crippen molar-refractivity contribution in [2.75, 3.05) is 0 Å². The summed E-state index contributed by atoms with van der Waals surface area (Å²) in [6.45, 7) is 0. The molecule has 0 aliphatic heterocycles. The van der Waals surface area contributed by atoms with Crippen molar-refractivity contribution < 1.29 is 14.7 Å². The topological polar surface area (TPSA) is 54.4 Å². The summed E-state index contributed by atoms with van der Waals surface area (Å²) in [5.74, 6) is -1.27. The van der Waals surface area contributed by atoms with E-state index in [0.717, 1.165) is 0 Å². The second-order valence-electron chi connectivity index (χ2n) is 6.23. The summed E-state index contributed by atoms with van der Waals surface area (Å²) in [4.78, 5) is 22.4. The van der Waals surface area contributed by atoms with Crippen molar-refractivity contribution in [1.82, 2.24) is 0 Å². The second kappa shape index (κ2) is 7.18. The van der Waals surface area contributed by atoms with Crippen molar-refractivity contribution in [3.63, 3.8) is 0 Å². The van der Waals surface area contributed by atoms with Gasteiger partial charge in [0.05, 0.1) is 11.3 Å². The molecule has 0 aromatic heterocycles. The first-order valence-electron chi connectivity index (χ1n) is 8.12. The Labute approximate surface area is 146 Å². The Morgan fingerprint density at radius 3 is 2.08 bits per heavy atom. The van der Waals surface area contributed by atoms with Crippen molar-refractivity contribution in [1.29, 1.82) is 0 Å². The largest absolute Gasteiger partial charge is 0.481 e. The number of rotatable bonds is 7. The molecule has 1 N–H and O–H groups in total. The number of carboxylic acid groups (broad SMARTS) is 1. The average Bonchev–Trinajstić information content (AvgIpc) is 2.92. The van der Waals surface area contributed by atoms with E-state index in [1.807, 2.05) is 24.3 Å². The van der Waals surface area contributed by atoms with Gasteiger partial charge in [0.15, 0.2) is 0 Å². The van der Waals surface area contributed by atoms with Crippen LogP contribution in [0.25, 0.3) is 11.1 Å². The number of carbonyl (C=O) groups is 2. The summed E-state index contributed by atoms with van der Waals surface area (Å²) in [5.41, 5.74) is 4.74. The Bertz CT molecular complexity index is 711. The Hall–Kier alpha value is -2.13. The van der Waals surface area contributed by atoms with E-state index in [0.29, 0.717) is 25.5 Å². The van der Waals surface area contributed by atoms with Crippen molar-refractivity contribution in [3.05, 3.63) is 59.7 Å². The number of aliphatic carboxylic acids is 1. The van der Waals surface area contributed by atoms with Crippen LogP contribution in [0, 0.1) is 5.92 Å². The Balaban J connectivity index is 1.88. The lowest BCUT2D eigenvalue weighted by atomic mass is 9.85. The SMILES string of the molecule is O=CC(Cl)CCC(CC1c2ccccc2-c2ccccc21)C(=O)O. The minimum Gasteiger partial charge on any atom is -0.481 e. The molecule has 2 unspecified atom stereocenters. The zero-order valence-corrected chi connectivity index (χ0v) is 13.9. The molecule has 2 atom stereocenters. The maximum Gasteiger partial charge on any atom is 0.306 e. The molecule has 1 aliphatic rings. The highest BCUT2D eigenvalue weighted by atomic mass is 35.5. The molecule has 3 nitrogen and oxygen atoms in total. The van der Waals surface area contributed by atoms with Gasteiger partial charge in [0, 0.05) is 5.92 Å². The highest BCUT2D eigenvalue weighted by Gasteiger charge is 2.32. The van der Waals surface area contributed by atoms with Gasteiger partial charge >= 0.3 is 5.97 Å². The lowest BCUT2D eigenvalue weighted by Crippen LogP contribution is -2.18. The smallest absolute Gasteiger partial charge is 0.306 e. The number of halogens is 1. The molecule has 0 saturated heterocycles. The Kier molecular flexibility index (Phi) is 5.00. The van der Waals surface area contributed by atoms with Gasteiger partial charge < -0.3 is 9.90 Å². The summed E-state index contributed by atoms with van der Waals surface area (Å²) in [6, 6.07) is 16.3. The fourth-order valence-electron chi connectivity index (χ4n) is 3.57. The third-order valence-electron chi connectivity index (χ3n) is 4.77. The van der Waals surface area contributed by atoms with Crippen LogP contribution in [0.5, 0.6) is 0 Å². The van der Waals surface area contributed by atoms with Crippen LogP contribution in [-0.4, -0.2) is 22.7 Å². The monoisotopic (exact) mass is 342 g/mol. The van der Waals surface area contributed by atoms with Crippen molar-refractivity contribution in [3.8, 4) is 11.1 Å². The third-order valence-corrected chi connectivity index (χ3v) is 5.09. The molecule has 24 heavy (non-hydrogen) atoms. The number of fused-ring (bicyclic) bond motifs is 3. The van der Waals surface area contributed by atoms with Crippen LogP contribution in [-0.2, 0) is 9.59 Å². The quantitative estimate of drug-likeness (QED) is 0.596. The van der Waals surface area contributed by atoms with E-state index >= 15 is 0 Å². The van der Waals surface area contributed by atoms with Gasteiger partial charge in [0.2, 0.25) is 0 Å². The van der Waals surface area contributed by atoms with Crippen LogP contribution < -0.4 is 0 Å². The number of alkyl halides is 1. The molecule has 0 heterocycles. The van der Waals surface area contributed by atoms with Crippen LogP contribution in [0.15, 0.2) is 48.5 Å². The van der Waals surface area contributed by atoms with Crippen molar-refractivity contribution >= 4 is 23.9 Å². The maximum atomic E-state index is 11.7. The molecule has 2 aromatic carbocycles. The van der Waals surface area contributed by atoms with Gasteiger partial charge in [-0.1, -0.05) is 48.5 Å². The fraction of sp³-hybridized carbons (Fsp3) is 0.300. The highest BCUT2D eigenvalue weighted by Crippen LogP contribution is 2.47. The van der Waals surface area contributed by atoms with E-state index in [9.17, 15) is 14.7 Å². The van der Waals surface area contributed by atoms with E-state index in [1.54, 1.807) is 0 Å². The third kappa shape index (κ3) is 3.22. The predicted octanol–water partition coefficient (Wildman–Crippen LogP) is 4.48. The molecule has 0 saturated carbocycles. The van der Waals surface area contributed by atoms with Crippen LogP contribution in [0.1, 0.15) is 36.3 Å². The van der Waals surface area contributed by atoms with E-state index in [2.05, 4.69) is 24.3 Å². The molecule has 2 aromatic rings. The number of hydrogen-bond donors (Lipinski definition) is 1. The summed E-state index contributed by atoms with van der Waals surface area (Å²) in [5, 5.41) is 8.97.